The van der Waals surface area contributed by atoms with Crippen molar-refractivity contribution in [2.24, 2.45) is 11.8 Å². The summed E-state index contributed by atoms with van der Waals surface area (Å²) in [4.78, 5) is 35.6. The lowest BCUT2D eigenvalue weighted by atomic mass is 9.98. The van der Waals surface area contributed by atoms with E-state index in [4.69, 9.17) is 9.84 Å². The lowest BCUT2D eigenvalue weighted by molar-refractivity contribution is -0.138. The van der Waals surface area contributed by atoms with Crippen LogP contribution in [0.4, 0.5) is 4.79 Å². The summed E-state index contributed by atoms with van der Waals surface area (Å²) < 4.78 is 5.61. The van der Waals surface area contributed by atoms with E-state index in [0.29, 0.717) is 25.8 Å². The molecule has 2 aliphatic rings. The Labute approximate surface area is 193 Å². The Morgan fingerprint density at radius 3 is 2.30 bits per heavy atom. The Morgan fingerprint density at radius 1 is 1.03 bits per heavy atom. The highest BCUT2D eigenvalue weighted by Crippen LogP contribution is 2.44. The Hall–Kier alpha value is -3.35. The zero-order valence-electron chi connectivity index (χ0n) is 18.8. The second-order valence-corrected chi connectivity index (χ2v) is 9.12. The fourth-order valence-corrected chi connectivity index (χ4v) is 4.95. The number of ether oxygens (including phenoxy) is 1. The van der Waals surface area contributed by atoms with Crippen LogP contribution in [0.15, 0.2) is 48.5 Å². The monoisotopic (exact) mass is 450 g/mol. The molecule has 1 unspecified atom stereocenters. The summed E-state index contributed by atoms with van der Waals surface area (Å²) in [5, 5.41) is 14.6. The van der Waals surface area contributed by atoms with Gasteiger partial charge in [0.05, 0.1) is 0 Å². The van der Waals surface area contributed by atoms with E-state index in [1.54, 1.807) is 6.92 Å². The number of carboxylic acids is 1. The normalized spacial score (nSPS) is 19.9. The van der Waals surface area contributed by atoms with Crippen molar-refractivity contribution in [1.82, 2.24) is 10.6 Å². The molecule has 0 aromatic heterocycles. The molecule has 0 aliphatic heterocycles. The van der Waals surface area contributed by atoms with Crippen molar-refractivity contribution >= 4 is 18.0 Å². The molecular formula is C26H30N2O5. The molecule has 2 aromatic rings. The first-order valence-electron chi connectivity index (χ1n) is 11.5. The van der Waals surface area contributed by atoms with Crippen LogP contribution in [0.3, 0.4) is 0 Å². The average molecular weight is 451 g/mol. The van der Waals surface area contributed by atoms with E-state index in [-0.39, 0.29) is 42.7 Å². The van der Waals surface area contributed by atoms with E-state index in [2.05, 4.69) is 34.9 Å². The number of hydrogen-bond acceptors (Lipinski definition) is 4. The van der Waals surface area contributed by atoms with Crippen LogP contribution in [0.5, 0.6) is 0 Å². The first-order valence-corrected chi connectivity index (χ1v) is 11.5. The molecule has 0 bridgehead atoms. The number of hydrogen-bond donors (Lipinski definition) is 3. The Bertz CT molecular complexity index is 991. The van der Waals surface area contributed by atoms with Crippen LogP contribution in [0.25, 0.3) is 11.1 Å². The molecule has 33 heavy (non-hydrogen) atoms. The number of amides is 2. The molecule has 0 saturated heterocycles. The van der Waals surface area contributed by atoms with Crippen LogP contribution >= 0.6 is 0 Å². The maximum atomic E-state index is 12.5. The third-order valence-electron chi connectivity index (χ3n) is 6.62. The summed E-state index contributed by atoms with van der Waals surface area (Å²) in [5.41, 5.74) is 4.70. The summed E-state index contributed by atoms with van der Waals surface area (Å²) in [6.45, 7) is 2.40. The van der Waals surface area contributed by atoms with Crippen LogP contribution in [-0.2, 0) is 14.3 Å². The van der Waals surface area contributed by atoms with Crippen molar-refractivity contribution in [3.05, 3.63) is 59.7 Å². The highest BCUT2D eigenvalue weighted by Gasteiger charge is 2.32. The van der Waals surface area contributed by atoms with Crippen molar-refractivity contribution in [1.29, 1.82) is 0 Å². The summed E-state index contributed by atoms with van der Waals surface area (Å²) >= 11 is 0. The van der Waals surface area contributed by atoms with E-state index in [9.17, 15) is 14.4 Å². The number of aliphatic carboxylic acids is 1. The molecule has 7 nitrogen and oxygen atoms in total. The van der Waals surface area contributed by atoms with E-state index in [0.717, 1.165) is 0 Å². The fraction of sp³-hybridized carbons (Fsp3) is 0.423. The number of carboxylic acid groups (broad SMARTS) is 1. The molecule has 1 saturated carbocycles. The lowest BCUT2D eigenvalue weighted by Gasteiger charge is -2.17. The molecule has 3 N–H and O–H groups in total. The Kier molecular flexibility index (Phi) is 6.96. The number of alkyl carbamates (subject to hydrolysis) is 1. The van der Waals surface area contributed by atoms with Gasteiger partial charge in [0.25, 0.3) is 0 Å². The van der Waals surface area contributed by atoms with Crippen LogP contribution in [-0.4, -0.2) is 42.3 Å². The number of rotatable bonds is 8. The van der Waals surface area contributed by atoms with Gasteiger partial charge in [-0.25, -0.2) is 4.79 Å². The van der Waals surface area contributed by atoms with Gasteiger partial charge in [0.15, 0.2) is 0 Å². The van der Waals surface area contributed by atoms with Gasteiger partial charge in [0, 0.05) is 30.8 Å². The maximum absolute atomic E-state index is 12.5. The first-order chi connectivity index (χ1) is 15.9. The molecule has 7 heteroatoms. The van der Waals surface area contributed by atoms with Gasteiger partial charge in [-0.15, -0.1) is 0 Å². The molecule has 4 rings (SSSR count). The molecule has 0 spiro atoms. The van der Waals surface area contributed by atoms with Gasteiger partial charge in [0.1, 0.15) is 6.61 Å². The van der Waals surface area contributed by atoms with Crippen LogP contribution < -0.4 is 10.6 Å². The fourth-order valence-electron chi connectivity index (χ4n) is 4.95. The molecule has 2 aliphatic carbocycles. The predicted octanol–water partition coefficient (Wildman–Crippen LogP) is 3.92. The van der Waals surface area contributed by atoms with Crippen LogP contribution in [0.2, 0.25) is 0 Å². The number of carbonyl (C=O) groups excluding carboxylic acids is 2. The van der Waals surface area contributed by atoms with Gasteiger partial charge < -0.3 is 20.5 Å². The predicted molar refractivity (Wildman–Crippen MR) is 124 cm³/mol. The van der Waals surface area contributed by atoms with Gasteiger partial charge in [-0.3, -0.25) is 9.59 Å². The summed E-state index contributed by atoms with van der Waals surface area (Å²) in [5.74, 6) is -1.24. The van der Waals surface area contributed by atoms with E-state index < -0.39 is 12.1 Å². The van der Waals surface area contributed by atoms with Crippen molar-refractivity contribution in [2.45, 2.75) is 44.6 Å². The van der Waals surface area contributed by atoms with Crippen LogP contribution in [0.1, 0.15) is 49.7 Å². The second kappa shape index (κ2) is 10.1. The lowest BCUT2D eigenvalue weighted by Crippen LogP contribution is -2.36. The highest BCUT2D eigenvalue weighted by molar-refractivity contribution is 5.80. The molecule has 3 atom stereocenters. The van der Waals surface area contributed by atoms with Crippen molar-refractivity contribution in [3.63, 3.8) is 0 Å². The molecule has 2 amide bonds. The third kappa shape index (κ3) is 5.35. The van der Waals surface area contributed by atoms with Gasteiger partial charge in [-0.2, -0.15) is 0 Å². The quantitative estimate of drug-likeness (QED) is 0.565. The minimum Gasteiger partial charge on any atom is -0.481 e. The SMILES string of the molecule is CC(CNC(=O)[C@@H]1CC[C@H](NC(=O)OCC2c3ccccc3-c3ccccc32)C1)CC(=O)O. The Morgan fingerprint density at radius 2 is 1.67 bits per heavy atom. The molecule has 2 aromatic carbocycles. The number of nitrogens with one attached hydrogen (secondary N) is 2. The second-order valence-electron chi connectivity index (χ2n) is 9.12. The van der Waals surface area contributed by atoms with Crippen molar-refractivity contribution in [3.8, 4) is 11.1 Å². The van der Waals surface area contributed by atoms with E-state index in [1.807, 2.05) is 24.3 Å². The third-order valence-corrected chi connectivity index (χ3v) is 6.62. The van der Waals surface area contributed by atoms with Gasteiger partial charge >= 0.3 is 12.1 Å². The smallest absolute Gasteiger partial charge is 0.407 e. The van der Waals surface area contributed by atoms with Crippen molar-refractivity contribution in [2.75, 3.05) is 13.2 Å². The molecule has 0 radical (unpaired) electrons. The minimum atomic E-state index is -0.870. The standard InChI is InChI=1S/C26H30N2O5/c1-16(12-24(29)30)14-27-25(31)17-10-11-18(13-17)28-26(32)33-15-23-21-8-4-2-6-19(21)20-7-3-5-9-22(20)23/h2-9,16-18,23H,10-15H2,1H3,(H,27,31)(H,28,32)(H,29,30)/t16?,17-,18+/m1/s1. The number of carbonyl (C=O) groups is 3. The number of benzene rings is 2. The molecule has 0 heterocycles. The average Bonchev–Trinajstić information content (AvgIpc) is 3.38. The van der Waals surface area contributed by atoms with Gasteiger partial charge in [0.2, 0.25) is 5.91 Å². The maximum Gasteiger partial charge on any atom is 0.407 e. The molecule has 174 valence electrons. The van der Waals surface area contributed by atoms with Gasteiger partial charge in [-0.05, 0) is 47.4 Å². The van der Waals surface area contributed by atoms with Crippen molar-refractivity contribution < 1.29 is 24.2 Å². The number of fused-ring (bicyclic) bond motifs is 3. The summed E-state index contributed by atoms with van der Waals surface area (Å²) in [7, 11) is 0. The van der Waals surface area contributed by atoms with E-state index >= 15 is 0 Å². The summed E-state index contributed by atoms with van der Waals surface area (Å²) in [6.07, 6.45) is 1.53. The summed E-state index contributed by atoms with van der Waals surface area (Å²) in [6, 6.07) is 16.3. The zero-order chi connectivity index (χ0) is 23.4. The topological polar surface area (TPSA) is 105 Å². The zero-order valence-corrected chi connectivity index (χ0v) is 18.8. The Balaban J connectivity index is 1.25. The molecular weight excluding hydrogens is 420 g/mol. The molecule has 1 fully saturated rings. The van der Waals surface area contributed by atoms with Crippen LogP contribution in [0, 0.1) is 11.8 Å². The van der Waals surface area contributed by atoms with E-state index in [1.165, 1.54) is 22.3 Å². The first kappa shape index (κ1) is 22.8. The largest absolute Gasteiger partial charge is 0.481 e. The minimum absolute atomic E-state index is 0.0121. The highest BCUT2D eigenvalue weighted by atomic mass is 16.5. The van der Waals surface area contributed by atoms with Gasteiger partial charge in [-0.1, -0.05) is 55.5 Å².